The summed E-state index contributed by atoms with van der Waals surface area (Å²) in [5.74, 6) is -0.0378. The Morgan fingerprint density at radius 2 is 2.00 bits per heavy atom. The average molecular weight is 268 g/mol. The molecule has 0 saturated carbocycles. The van der Waals surface area contributed by atoms with Gasteiger partial charge in [0.25, 0.3) is 5.56 Å². The second kappa shape index (κ2) is 6.33. The summed E-state index contributed by atoms with van der Waals surface area (Å²) in [4.78, 5) is 36.5. The lowest BCUT2D eigenvalue weighted by Gasteiger charge is -2.14. The number of hydrogen-bond acceptors (Lipinski definition) is 4. The van der Waals surface area contributed by atoms with Crippen LogP contribution in [-0.4, -0.2) is 40.1 Å². The van der Waals surface area contributed by atoms with Gasteiger partial charge in [0.1, 0.15) is 0 Å². The van der Waals surface area contributed by atoms with E-state index in [1.165, 1.54) is 17.8 Å². The van der Waals surface area contributed by atoms with E-state index in [0.29, 0.717) is 12.1 Å². The molecule has 0 fully saturated rings. The van der Waals surface area contributed by atoms with E-state index in [1.807, 2.05) is 6.92 Å². The molecule has 0 aliphatic carbocycles. The number of hydrogen-bond donors (Lipinski definition) is 1. The normalized spacial score (nSPS) is 10.5. The Hall–Kier alpha value is -1.89. The maximum absolute atomic E-state index is 11.8. The van der Waals surface area contributed by atoms with Gasteiger partial charge in [-0.05, 0) is 6.92 Å². The third-order valence-electron chi connectivity index (χ3n) is 3.01. The first-order valence-electron chi connectivity index (χ1n) is 6.08. The van der Waals surface area contributed by atoms with Gasteiger partial charge in [-0.1, -0.05) is 0 Å². The number of carbonyl (C=O) groups excluding carboxylic acids is 1. The number of aromatic nitrogens is 2. The van der Waals surface area contributed by atoms with Crippen LogP contribution in [0.4, 0.5) is 0 Å². The van der Waals surface area contributed by atoms with E-state index in [2.05, 4.69) is 5.32 Å². The maximum Gasteiger partial charge on any atom is 0.330 e. The molecule has 0 unspecified atom stereocenters. The zero-order chi connectivity index (χ0) is 14.6. The molecule has 0 saturated heterocycles. The van der Waals surface area contributed by atoms with Crippen LogP contribution in [0.2, 0.25) is 0 Å². The van der Waals surface area contributed by atoms with Crippen molar-refractivity contribution in [1.82, 2.24) is 19.4 Å². The van der Waals surface area contributed by atoms with Gasteiger partial charge in [0.15, 0.2) is 0 Å². The van der Waals surface area contributed by atoms with Crippen LogP contribution in [0.3, 0.4) is 0 Å². The number of nitrogens with one attached hydrogen (secondary N) is 1. The molecule has 106 valence electrons. The van der Waals surface area contributed by atoms with Crippen molar-refractivity contribution in [3.63, 3.8) is 0 Å². The predicted octanol–water partition coefficient (Wildman–Crippen LogP) is -1.35. The summed E-state index contributed by atoms with van der Waals surface area (Å²) in [6, 6.07) is 0. The van der Waals surface area contributed by atoms with E-state index in [9.17, 15) is 14.4 Å². The first-order valence-corrected chi connectivity index (χ1v) is 6.08. The molecule has 1 aromatic heterocycles. The number of carbonyl (C=O) groups is 1. The molecule has 19 heavy (non-hydrogen) atoms. The van der Waals surface area contributed by atoms with Crippen LogP contribution in [0.25, 0.3) is 0 Å². The topological polar surface area (TPSA) is 76.3 Å². The fourth-order valence-corrected chi connectivity index (χ4v) is 1.62. The van der Waals surface area contributed by atoms with Gasteiger partial charge in [-0.15, -0.1) is 0 Å². The van der Waals surface area contributed by atoms with Crippen molar-refractivity contribution in [3.8, 4) is 0 Å². The summed E-state index contributed by atoms with van der Waals surface area (Å²) in [6.45, 7) is 2.95. The monoisotopic (exact) mass is 268 g/mol. The minimum absolute atomic E-state index is 0.0378. The van der Waals surface area contributed by atoms with Gasteiger partial charge in [0, 0.05) is 46.0 Å². The van der Waals surface area contributed by atoms with E-state index in [0.717, 1.165) is 4.57 Å². The van der Waals surface area contributed by atoms with Crippen LogP contribution in [0, 0.1) is 0 Å². The number of likely N-dealkylation sites (N-methyl/N-ethyl adjacent to an activating group) is 1. The van der Waals surface area contributed by atoms with Gasteiger partial charge in [0.05, 0.1) is 6.54 Å². The van der Waals surface area contributed by atoms with Crippen molar-refractivity contribution in [1.29, 1.82) is 0 Å². The summed E-state index contributed by atoms with van der Waals surface area (Å²) >= 11 is 0. The third-order valence-corrected chi connectivity index (χ3v) is 3.01. The molecular formula is C12H20N4O3. The van der Waals surface area contributed by atoms with Crippen molar-refractivity contribution in [2.24, 2.45) is 14.1 Å². The second-order valence-corrected chi connectivity index (χ2v) is 4.42. The summed E-state index contributed by atoms with van der Waals surface area (Å²) in [5, 5.41) is 2.91. The van der Waals surface area contributed by atoms with Crippen LogP contribution >= 0.6 is 0 Å². The van der Waals surface area contributed by atoms with Gasteiger partial charge < -0.3 is 14.8 Å². The smallest absolute Gasteiger partial charge is 0.330 e. The highest BCUT2D eigenvalue weighted by atomic mass is 16.2. The molecule has 0 aliphatic rings. The van der Waals surface area contributed by atoms with Gasteiger partial charge >= 0.3 is 5.69 Å². The Labute approximate surface area is 111 Å². The number of aryl methyl sites for hydroxylation is 1. The van der Waals surface area contributed by atoms with E-state index in [-0.39, 0.29) is 30.2 Å². The Kier molecular flexibility index (Phi) is 5.05. The Balaban J connectivity index is 2.72. The molecule has 0 aliphatic heterocycles. The standard InChI is InChI=1S/C12H20N4O3/c1-5-14(2)10(17)7-13-6-9-8-15(3)12(19)16(4)11(9)18/h8,13H,5-7H2,1-4H3. The largest absolute Gasteiger partial charge is 0.345 e. The molecule has 0 spiro atoms. The quantitative estimate of drug-likeness (QED) is 0.716. The fourth-order valence-electron chi connectivity index (χ4n) is 1.62. The summed E-state index contributed by atoms with van der Waals surface area (Å²) in [7, 11) is 4.74. The Morgan fingerprint density at radius 3 is 2.58 bits per heavy atom. The molecule has 1 rings (SSSR count). The minimum Gasteiger partial charge on any atom is -0.345 e. The van der Waals surface area contributed by atoms with Gasteiger partial charge in [-0.2, -0.15) is 0 Å². The lowest BCUT2D eigenvalue weighted by molar-refractivity contribution is -0.128. The fraction of sp³-hybridized carbons (Fsp3) is 0.583. The highest BCUT2D eigenvalue weighted by Crippen LogP contribution is 1.88. The van der Waals surface area contributed by atoms with E-state index < -0.39 is 0 Å². The summed E-state index contributed by atoms with van der Waals surface area (Å²) in [5.41, 5.74) is -0.251. The lowest BCUT2D eigenvalue weighted by atomic mass is 10.3. The molecule has 0 aromatic carbocycles. The molecule has 0 bridgehead atoms. The Bertz CT molecular complexity index is 573. The highest BCUT2D eigenvalue weighted by molar-refractivity contribution is 5.77. The first-order chi connectivity index (χ1) is 8.88. The minimum atomic E-state index is -0.365. The van der Waals surface area contributed by atoms with E-state index in [1.54, 1.807) is 19.0 Å². The molecular weight excluding hydrogens is 248 g/mol. The lowest BCUT2D eigenvalue weighted by Crippen LogP contribution is -2.40. The van der Waals surface area contributed by atoms with Gasteiger partial charge in [-0.3, -0.25) is 14.2 Å². The first kappa shape index (κ1) is 15.2. The van der Waals surface area contributed by atoms with Crippen LogP contribution in [-0.2, 0) is 25.4 Å². The zero-order valence-electron chi connectivity index (χ0n) is 11.8. The van der Waals surface area contributed by atoms with Crippen LogP contribution in [0.15, 0.2) is 15.8 Å². The van der Waals surface area contributed by atoms with Crippen LogP contribution in [0.1, 0.15) is 12.5 Å². The van der Waals surface area contributed by atoms with Crippen molar-refractivity contribution >= 4 is 5.91 Å². The van der Waals surface area contributed by atoms with Crippen LogP contribution in [0.5, 0.6) is 0 Å². The Morgan fingerprint density at radius 1 is 1.37 bits per heavy atom. The van der Waals surface area contributed by atoms with Crippen molar-refractivity contribution in [3.05, 3.63) is 32.6 Å². The highest BCUT2D eigenvalue weighted by Gasteiger charge is 2.09. The van der Waals surface area contributed by atoms with Crippen molar-refractivity contribution in [2.75, 3.05) is 20.1 Å². The predicted molar refractivity (Wildman–Crippen MR) is 71.9 cm³/mol. The number of rotatable bonds is 5. The number of nitrogens with zero attached hydrogens (tertiary/aromatic N) is 3. The zero-order valence-corrected chi connectivity index (χ0v) is 11.8. The number of amides is 1. The molecule has 1 aromatic rings. The van der Waals surface area contributed by atoms with Gasteiger partial charge in [-0.25, -0.2) is 4.79 Å². The molecule has 1 heterocycles. The van der Waals surface area contributed by atoms with E-state index >= 15 is 0 Å². The van der Waals surface area contributed by atoms with Crippen LogP contribution < -0.4 is 16.6 Å². The molecule has 0 radical (unpaired) electrons. The molecule has 1 N–H and O–H groups in total. The third kappa shape index (κ3) is 3.54. The van der Waals surface area contributed by atoms with E-state index in [4.69, 9.17) is 0 Å². The molecule has 1 amide bonds. The maximum atomic E-state index is 11.8. The second-order valence-electron chi connectivity index (χ2n) is 4.42. The van der Waals surface area contributed by atoms with Gasteiger partial charge in [0.2, 0.25) is 5.91 Å². The van der Waals surface area contributed by atoms with Crippen molar-refractivity contribution < 1.29 is 4.79 Å². The summed E-state index contributed by atoms with van der Waals surface area (Å²) in [6.07, 6.45) is 1.49. The summed E-state index contributed by atoms with van der Waals surface area (Å²) < 4.78 is 2.40. The molecule has 7 heteroatoms. The molecule has 7 nitrogen and oxygen atoms in total. The average Bonchev–Trinajstić information content (AvgIpc) is 2.40. The van der Waals surface area contributed by atoms with Crippen molar-refractivity contribution in [2.45, 2.75) is 13.5 Å². The SMILES string of the molecule is CCN(C)C(=O)CNCc1cn(C)c(=O)n(C)c1=O. The molecule has 0 atom stereocenters.